The minimum absolute atomic E-state index is 0.181. The van der Waals surface area contributed by atoms with Gasteiger partial charge >= 0.3 is 0 Å². The first-order valence-corrected chi connectivity index (χ1v) is 9.71. The molecular weight excluding hydrogens is 355 g/mol. The maximum absolute atomic E-state index is 13.7. The van der Waals surface area contributed by atoms with Gasteiger partial charge in [0.15, 0.2) is 5.96 Å². The summed E-state index contributed by atoms with van der Waals surface area (Å²) in [7, 11) is 1.73. The van der Waals surface area contributed by atoms with Crippen molar-refractivity contribution in [1.82, 2.24) is 15.5 Å². The second-order valence-corrected chi connectivity index (χ2v) is 7.07. The number of hydrogen-bond donors (Lipinski definition) is 2. The molecule has 2 aromatic carbocycles. The Morgan fingerprint density at radius 3 is 2.25 bits per heavy atom. The molecule has 1 aliphatic rings. The van der Waals surface area contributed by atoms with Gasteiger partial charge in [0.2, 0.25) is 0 Å². The first kappa shape index (κ1) is 20.3. The van der Waals surface area contributed by atoms with Crippen molar-refractivity contribution in [2.75, 3.05) is 33.4 Å². The van der Waals surface area contributed by atoms with E-state index < -0.39 is 0 Å². The molecule has 150 valence electrons. The van der Waals surface area contributed by atoms with Gasteiger partial charge in [0.25, 0.3) is 0 Å². The highest BCUT2D eigenvalue weighted by Crippen LogP contribution is 2.10. The predicted molar refractivity (Wildman–Crippen MR) is 111 cm³/mol. The first-order valence-electron chi connectivity index (χ1n) is 9.71. The minimum Gasteiger partial charge on any atom is -0.379 e. The van der Waals surface area contributed by atoms with Crippen molar-refractivity contribution in [3.05, 3.63) is 70.5 Å². The van der Waals surface area contributed by atoms with E-state index in [1.807, 2.05) is 6.07 Å². The average molecular weight is 384 g/mol. The Hall–Kier alpha value is -2.44. The van der Waals surface area contributed by atoms with Crippen LogP contribution in [0.1, 0.15) is 22.3 Å². The van der Waals surface area contributed by atoms with E-state index in [4.69, 9.17) is 4.74 Å². The van der Waals surface area contributed by atoms with Crippen molar-refractivity contribution in [1.29, 1.82) is 0 Å². The number of aliphatic imine (C=N–C) groups is 1. The molecule has 0 saturated carbocycles. The molecule has 0 aromatic heterocycles. The van der Waals surface area contributed by atoms with Gasteiger partial charge in [0.05, 0.1) is 13.2 Å². The number of morpholine rings is 1. The Labute approximate surface area is 166 Å². The topological polar surface area (TPSA) is 48.9 Å². The number of ether oxygens (including phenoxy) is 1. The van der Waals surface area contributed by atoms with Crippen LogP contribution in [0.25, 0.3) is 0 Å². The van der Waals surface area contributed by atoms with E-state index in [1.54, 1.807) is 26.1 Å². The Morgan fingerprint density at radius 1 is 1.00 bits per heavy atom. The van der Waals surface area contributed by atoms with Crippen molar-refractivity contribution in [2.24, 2.45) is 4.99 Å². The molecule has 6 heteroatoms. The molecule has 2 aromatic rings. The van der Waals surface area contributed by atoms with Gasteiger partial charge in [-0.25, -0.2) is 4.39 Å². The van der Waals surface area contributed by atoms with Gasteiger partial charge < -0.3 is 15.4 Å². The number of rotatable bonds is 6. The molecule has 1 heterocycles. The van der Waals surface area contributed by atoms with E-state index in [0.29, 0.717) is 24.6 Å². The van der Waals surface area contributed by atoms with Crippen LogP contribution in [-0.2, 0) is 24.4 Å². The van der Waals surface area contributed by atoms with E-state index in [2.05, 4.69) is 44.8 Å². The Kier molecular flexibility index (Phi) is 7.39. The smallest absolute Gasteiger partial charge is 0.191 e. The molecule has 0 atom stereocenters. The molecule has 0 amide bonds. The van der Waals surface area contributed by atoms with Crippen LogP contribution in [0.5, 0.6) is 0 Å². The molecule has 5 nitrogen and oxygen atoms in total. The van der Waals surface area contributed by atoms with Crippen LogP contribution >= 0.6 is 0 Å². The first-order chi connectivity index (χ1) is 13.6. The summed E-state index contributed by atoms with van der Waals surface area (Å²) in [5.41, 5.74) is 4.05. The van der Waals surface area contributed by atoms with E-state index in [1.165, 1.54) is 11.1 Å². The molecule has 0 unspecified atom stereocenters. The number of hydrogen-bond acceptors (Lipinski definition) is 3. The van der Waals surface area contributed by atoms with Crippen LogP contribution in [0.15, 0.2) is 47.5 Å². The Morgan fingerprint density at radius 2 is 1.61 bits per heavy atom. The number of guanidine groups is 1. The van der Waals surface area contributed by atoms with Crippen molar-refractivity contribution in [3.8, 4) is 0 Å². The third kappa shape index (κ3) is 6.04. The highest BCUT2D eigenvalue weighted by atomic mass is 19.1. The molecule has 0 aliphatic carbocycles. The standard InChI is InChI=1S/C22H29FN4O/c1-17-3-4-20(13-21(17)23)15-26-22(24-2)25-14-18-5-7-19(8-6-18)16-27-9-11-28-12-10-27/h3-8,13H,9-12,14-16H2,1-2H3,(H2,24,25,26). The summed E-state index contributed by atoms with van der Waals surface area (Å²) in [4.78, 5) is 6.65. The zero-order valence-corrected chi connectivity index (χ0v) is 16.7. The molecule has 28 heavy (non-hydrogen) atoms. The van der Waals surface area contributed by atoms with Crippen LogP contribution in [0.2, 0.25) is 0 Å². The molecule has 2 N–H and O–H groups in total. The molecule has 1 saturated heterocycles. The highest BCUT2D eigenvalue weighted by molar-refractivity contribution is 5.79. The largest absolute Gasteiger partial charge is 0.379 e. The van der Waals surface area contributed by atoms with Crippen molar-refractivity contribution in [2.45, 2.75) is 26.6 Å². The molecule has 0 spiro atoms. The SMILES string of the molecule is CN=C(NCc1ccc(CN2CCOCC2)cc1)NCc1ccc(C)c(F)c1. The normalized spacial score (nSPS) is 15.5. The van der Waals surface area contributed by atoms with Crippen LogP contribution in [0, 0.1) is 12.7 Å². The molecule has 3 rings (SSSR count). The molecule has 1 aliphatic heterocycles. The highest BCUT2D eigenvalue weighted by Gasteiger charge is 2.10. The lowest BCUT2D eigenvalue weighted by molar-refractivity contribution is 0.0342. The van der Waals surface area contributed by atoms with Gasteiger partial charge in [-0.15, -0.1) is 0 Å². The quantitative estimate of drug-likeness (QED) is 0.594. The van der Waals surface area contributed by atoms with Gasteiger partial charge in [-0.05, 0) is 35.2 Å². The van der Waals surface area contributed by atoms with Gasteiger partial charge in [-0.1, -0.05) is 36.4 Å². The number of nitrogens with one attached hydrogen (secondary N) is 2. The molecular formula is C22H29FN4O. The van der Waals surface area contributed by atoms with Crippen LogP contribution in [0.3, 0.4) is 0 Å². The van der Waals surface area contributed by atoms with Crippen LogP contribution in [-0.4, -0.2) is 44.2 Å². The van der Waals surface area contributed by atoms with E-state index in [9.17, 15) is 4.39 Å². The summed E-state index contributed by atoms with van der Waals surface area (Å²) in [6.07, 6.45) is 0. The van der Waals surface area contributed by atoms with Crippen LogP contribution < -0.4 is 10.6 Å². The van der Waals surface area contributed by atoms with Crippen molar-refractivity contribution >= 4 is 5.96 Å². The van der Waals surface area contributed by atoms with Gasteiger partial charge in [-0.3, -0.25) is 9.89 Å². The fourth-order valence-corrected chi connectivity index (χ4v) is 3.12. The fourth-order valence-electron chi connectivity index (χ4n) is 3.12. The summed E-state index contributed by atoms with van der Waals surface area (Å²) >= 11 is 0. The molecule has 0 bridgehead atoms. The summed E-state index contributed by atoms with van der Waals surface area (Å²) in [6.45, 7) is 7.57. The second kappa shape index (κ2) is 10.2. The Bertz CT molecular complexity index is 786. The maximum Gasteiger partial charge on any atom is 0.191 e. The summed E-state index contributed by atoms with van der Waals surface area (Å²) in [5, 5.41) is 6.52. The zero-order valence-electron chi connectivity index (χ0n) is 16.7. The van der Waals surface area contributed by atoms with Crippen molar-refractivity contribution in [3.63, 3.8) is 0 Å². The number of halogens is 1. The minimum atomic E-state index is -0.181. The fraction of sp³-hybridized carbons (Fsp3) is 0.409. The summed E-state index contributed by atoms with van der Waals surface area (Å²) in [5.74, 6) is 0.512. The van der Waals surface area contributed by atoms with Crippen LogP contribution in [0.4, 0.5) is 4.39 Å². The van der Waals surface area contributed by atoms with E-state index in [-0.39, 0.29) is 5.82 Å². The van der Waals surface area contributed by atoms with E-state index >= 15 is 0 Å². The summed E-state index contributed by atoms with van der Waals surface area (Å²) in [6, 6.07) is 13.9. The third-order valence-corrected chi connectivity index (χ3v) is 4.91. The lowest BCUT2D eigenvalue weighted by atomic mass is 10.1. The summed E-state index contributed by atoms with van der Waals surface area (Å²) < 4.78 is 19.0. The molecule has 0 radical (unpaired) electrons. The van der Waals surface area contributed by atoms with E-state index in [0.717, 1.165) is 38.4 Å². The zero-order chi connectivity index (χ0) is 19.8. The lowest BCUT2D eigenvalue weighted by Crippen LogP contribution is -2.36. The average Bonchev–Trinajstić information content (AvgIpc) is 2.72. The van der Waals surface area contributed by atoms with Gasteiger partial charge in [0, 0.05) is 39.8 Å². The van der Waals surface area contributed by atoms with Gasteiger partial charge in [-0.2, -0.15) is 0 Å². The van der Waals surface area contributed by atoms with Gasteiger partial charge in [0.1, 0.15) is 5.82 Å². The monoisotopic (exact) mass is 384 g/mol. The second-order valence-electron chi connectivity index (χ2n) is 7.07. The van der Waals surface area contributed by atoms with Crippen molar-refractivity contribution < 1.29 is 9.13 Å². The maximum atomic E-state index is 13.7. The number of nitrogens with zero attached hydrogens (tertiary/aromatic N) is 2. The lowest BCUT2D eigenvalue weighted by Gasteiger charge is -2.26. The Balaban J connectivity index is 1.45. The predicted octanol–water partition coefficient (Wildman–Crippen LogP) is 2.83. The number of benzene rings is 2. The third-order valence-electron chi connectivity index (χ3n) is 4.91. The number of aryl methyl sites for hydroxylation is 1. The molecule has 1 fully saturated rings.